The molecule has 0 aliphatic heterocycles. The van der Waals surface area contributed by atoms with Crippen LogP contribution in [-0.2, 0) is 11.3 Å². The van der Waals surface area contributed by atoms with Crippen LogP contribution in [0.5, 0.6) is 0 Å². The summed E-state index contributed by atoms with van der Waals surface area (Å²) >= 11 is 4.99. The molecule has 2 saturated carbocycles. The van der Waals surface area contributed by atoms with Crippen molar-refractivity contribution >= 4 is 23.1 Å². The molecule has 2 fully saturated rings. The summed E-state index contributed by atoms with van der Waals surface area (Å²) in [5.41, 5.74) is 7.58. The van der Waals surface area contributed by atoms with Crippen molar-refractivity contribution in [2.24, 2.45) is 23.5 Å². The van der Waals surface area contributed by atoms with Gasteiger partial charge in [-0.25, -0.2) is 0 Å². The summed E-state index contributed by atoms with van der Waals surface area (Å²) in [5.74, 6) is 2.23. The largest absolute Gasteiger partial charge is 0.389 e. The van der Waals surface area contributed by atoms with Crippen molar-refractivity contribution in [3.05, 3.63) is 35.4 Å². The highest BCUT2D eigenvalue weighted by molar-refractivity contribution is 7.80. The molecule has 1 aromatic carbocycles. The molecule has 0 aromatic heterocycles. The average Bonchev–Trinajstić information content (AvgIpc) is 3.04. The monoisotopic (exact) mass is 288 g/mol. The highest BCUT2D eigenvalue weighted by atomic mass is 32.1. The minimum atomic E-state index is 0.252. The van der Waals surface area contributed by atoms with Gasteiger partial charge in [0.2, 0.25) is 5.91 Å². The molecule has 1 aromatic rings. The molecular formula is C16H20N2OS. The molecule has 0 saturated heterocycles. The number of benzene rings is 1. The molecule has 2 N–H and O–H groups in total. The second-order valence-electron chi connectivity index (χ2n) is 6.18. The maximum Gasteiger partial charge on any atom is 0.225 e. The van der Waals surface area contributed by atoms with Gasteiger partial charge in [0.1, 0.15) is 4.99 Å². The van der Waals surface area contributed by atoms with Gasteiger partial charge >= 0.3 is 0 Å². The van der Waals surface area contributed by atoms with E-state index in [1.165, 1.54) is 6.42 Å². The molecule has 3 nitrogen and oxygen atoms in total. The Balaban J connectivity index is 1.63. The van der Waals surface area contributed by atoms with E-state index in [2.05, 4.69) is 0 Å². The lowest BCUT2D eigenvalue weighted by Crippen LogP contribution is -2.32. The Kier molecular flexibility index (Phi) is 3.50. The topological polar surface area (TPSA) is 46.3 Å². The normalized spacial score (nSPS) is 26.9. The van der Waals surface area contributed by atoms with Gasteiger partial charge in [0.15, 0.2) is 0 Å². The van der Waals surface area contributed by atoms with Crippen LogP contribution in [0.4, 0.5) is 0 Å². The third kappa shape index (κ3) is 2.70. The van der Waals surface area contributed by atoms with Crippen molar-refractivity contribution in [3.8, 4) is 0 Å². The van der Waals surface area contributed by atoms with E-state index in [9.17, 15) is 4.79 Å². The summed E-state index contributed by atoms with van der Waals surface area (Å²) < 4.78 is 0. The van der Waals surface area contributed by atoms with Crippen LogP contribution in [0.2, 0.25) is 0 Å². The smallest absolute Gasteiger partial charge is 0.225 e. The van der Waals surface area contributed by atoms with Gasteiger partial charge in [0, 0.05) is 25.1 Å². The van der Waals surface area contributed by atoms with Gasteiger partial charge in [-0.3, -0.25) is 4.79 Å². The number of carbonyl (C=O) groups excluding carboxylic acids is 1. The summed E-state index contributed by atoms with van der Waals surface area (Å²) in [6, 6.07) is 7.82. The minimum Gasteiger partial charge on any atom is -0.389 e. The summed E-state index contributed by atoms with van der Waals surface area (Å²) in [6.45, 7) is 0.626. The molecule has 1 amide bonds. The van der Waals surface area contributed by atoms with Gasteiger partial charge in [-0.05, 0) is 42.7 Å². The van der Waals surface area contributed by atoms with Gasteiger partial charge < -0.3 is 10.6 Å². The van der Waals surface area contributed by atoms with E-state index in [4.69, 9.17) is 18.0 Å². The minimum absolute atomic E-state index is 0.252. The van der Waals surface area contributed by atoms with Crippen molar-refractivity contribution in [2.75, 3.05) is 7.05 Å². The summed E-state index contributed by atoms with van der Waals surface area (Å²) in [7, 11) is 1.89. The van der Waals surface area contributed by atoms with Crippen molar-refractivity contribution in [1.82, 2.24) is 4.90 Å². The van der Waals surface area contributed by atoms with Crippen molar-refractivity contribution < 1.29 is 4.79 Å². The third-order valence-corrected chi connectivity index (χ3v) is 4.84. The summed E-state index contributed by atoms with van der Waals surface area (Å²) in [4.78, 5) is 14.7. The van der Waals surface area contributed by atoms with Crippen molar-refractivity contribution in [2.45, 2.75) is 25.8 Å². The summed E-state index contributed by atoms with van der Waals surface area (Å²) in [5, 5.41) is 0. The molecular weight excluding hydrogens is 268 g/mol. The van der Waals surface area contributed by atoms with Crippen molar-refractivity contribution in [1.29, 1.82) is 0 Å². The molecule has 106 valence electrons. The number of fused-ring (bicyclic) bond motifs is 1. The van der Waals surface area contributed by atoms with E-state index >= 15 is 0 Å². The van der Waals surface area contributed by atoms with Crippen LogP contribution >= 0.6 is 12.2 Å². The fourth-order valence-corrected chi connectivity index (χ4v) is 3.53. The third-order valence-electron chi connectivity index (χ3n) is 4.60. The number of carbonyl (C=O) groups is 1. The Morgan fingerprint density at radius 3 is 2.70 bits per heavy atom. The van der Waals surface area contributed by atoms with E-state index in [0.29, 0.717) is 11.5 Å². The Hall–Kier alpha value is -1.42. The Bertz CT molecular complexity index is 547. The van der Waals surface area contributed by atoms with E-state index in [1.807, 2.05) is 36.2 Å². The molecule has 2 atom stereocenters. The Morgan fingerprint density at radius 2 is 2.05 bits per heavy atom. The number of amides is 1. The number of hydrogen-bond donors (Lipinski definition) is 1. The van der Waals surface area contributed by atoms with Crippen LogP contribution in [0.15, 0.2) is 24.3 Å². The van der Waals surface area contributed by atoms with E-state index in [0.717, 1.165) is 35.8 Å². The lowest BCUT2D eigenvalue weighted by atomic mass is 10.0. The van der Waals surface area contributed by atoms with E-state index in [-0.39, 0.29) is 11.8 Å². The van der Waals surface area contributed by atoms with Crippen molar-refractivity contribution in [3.63, 3.8) is 0 Å². The quantitative estimate of drug-likeness (QED) is 0.865. The summed E-state index contributed by atoms with van der Waals surface area (Å²) in [6.07, 6.45) is 3.55. The first-order valence-electron chi connectivity index (χ1n) is 7.18. The zero-order valence-electron chi connectivity index (χ0n) is 11.7. The van der Waals surface area contributed by atoms with Crippen LogP contribution in [0.3, 0.4) is 0 Å². The molecule has 2 unspecified atom stereocenters. The molecule has 4 heteroatoms. The number of rotatable bonds is 4. The van der Waals surface area contributed by atoms with Crippen LogP contribution in [0, 0.1) is 17.8 Å². The fraction of sp³-hybridized carbons (Fsp3) is 0.500. The maximum absolute atomic E-state index is 12.4. The predicted molar refractivity (Wildman–Crippen MR) is 83.1 cm³/mol. The zero-order valence-corrected chi connectivity index (χ0v) is 12.5. The highest BCUT2D eigenvalue weighted by Crippen LogP contribution is 2.54. The Labute approximate surface area is 125 Å². The van der Waals surface area contributed by atoms with E-state index in [1.54, 1.807) is 0 Å². The molecule has 20 heavy (non-hydrogen) atoms. The van der Waals surface area contributed by atoms with E-state index < -0.39 is 0 Å². The van der Waals surface area contributed by atoms with Gasteiger partial charge in [-0.15, -0.1) is 0 Å². The van der Waals surface area contributed by atoms with Crippen LogP contribution < -0.4 is 5.73 Å². The zero-order chi connectivity index (χ0) is 14.3. The van der Waals surface area contributed by atoms with Gasteiger partial charge in [0.25, 0.3) is 0 Å². The number of nitrogens with two attached hydrogens (primary N) is 1. The SMILES string of the molecule is CN(Cc1cccc(C(N)=S)c1)C(=O)C1CC2CC2C1. The Morgan fingerprint density at radius 1 is 1.35 bits per heavy atom. The number of thiocarbonyl (C=S) groups is 1. The molecule has 3 rings (SSSR count). The molecule has 0 bridgehead atoms. The molecule has 0 radical (unpaired) electrons. The molecule has 0 spiro atoms. The predicted octanol–water partition coefficient (Wildman–Crippen LogP) is 2.33. The average molecular weight is 288 g/mol. The van der Waals surface area contributed by atoms with Gasteiger partial charge in [-0.2, -0.15) is 0 Å². The molecule has 0 heterocycles. The highest BCUT2D eigenvalue weighted by Gasteiger charge is 2.48. The first kappa shape index (κ1) is 13.6. The van der Waals surface area contributed by atoms with Gasteiger partial charge in [0.05, 0.1) is 0 Å². The molecule has 2 aliphatic rings. The molecule has 2 aliphatic carbocycles. The lowest BCUT2D eigenvalue weighted by molar-refractivity contribution is -0.134. The number of nitrogens with zero attached hydrogens (tertiary/aromatic N) is 1. The maximum atomic E-state index is 12.4. The van der Waals surface area contributed by atoms with Gasteiger partial charge in [-0.1, -0.05) is 30.4 Å². The second kappa shape index (κ2) is 5.17. The first-order chi connectivity index (χ1) is 9.54. The lowest BCUT2D eigenvalue weighted by Gasteiger charge is -2.22. The fourth-order valence-electron chi connectivity index (χ4n) is 3.40. The second-order valence-corrected chi connectivity index (χ2v) is 6.62. The standard InChI is InChI=1S/C16H20N2OS/c1-18(16(19)14-7-12-6-13(12)8-14)9-10-3-2-4-11(5-10)15(17)20/h2-5,12-14H,6-9H2,1H3,(H2,17,20). The van der Waals surface area contributed by atoms with Crippen LogP contribution in [0.25, 0.3) is 0 Å². The number of hydrogen-bond acceptors (Lipinski definition) is 2. The first-order valence-corrected chi connectivity index (χ1v) is 7.59. The van der Waals surface area contributed by atoms with Crippen LogP contribution in [0.1, 0.15) is 30.4 Å². The van der Waals surface area contributed by atoms with Crippen LogP contribution in [-0.4, -0.2) is 22.8 Å².